The Morgan fingerprint density at radius 2 is 2.18 bits per heavy atom. The highest BCUT2D eigenvalue weighted by atomic mass is 16.3. The number of hydrogen-bond donors (Lipinski definition) is 3. The van der Waals surface area contributed by atoms with E-state index >= 15 is 0 Å². The van der Waals surface area contributed by atoms with E-state index in [1.165, 1.54) is 0 Å². The molecule has 0 bridgehead atoms. The van der Waals surface area contributed by atoms with E-state index in [1.54, 1.807) is 20.8 Å². The maximum atomic E-state index is 11.6. The molecule has 0 aliphatic carbocycles. The van der Waals surface area contributed by atoms with Gasteiger partial charge in [-0.3, -0.25) is 9.59 Å². The van der Waals surface area contributed by atoms with Crippen molar-refractivity contribution in [2.75, 3.05) is 6.54 Å². The molecular formula is C11H17N3O3. The van der Waals surface area contributed by atoms with Crippen LogP contribution in [-0.4, -0.2) is 33.6 Å². The van der Waals surface area contributed by atoms with Crippen molar-refractivity contribution in [2.24, 2.45) is 0 Å². The third kappa shape index (κ3) is 3.67. The minimum Gasteiger partial charge on any atom is -0.393 e. The molecule has 6 heteroatoms. The van der Waals surface area contributed by atoms with Crippen molar-refractivity contribution >= 4 is 5.91 Å². The molecule has 1 rings (SSSR count). The Labute approximate surface area is 99.1 Å². The number of aryl methyl sites for hydroxylation is 2. The van der Waals surface area contributed by atoms with Crippen LogP contribution in [-0.2, 0) is 0 Å². The Balaban J connectivity index is 2.76. The van der Waals surface area contributed by atoms with Crippen molar-refractivity contribution in [3.63, 3.8) is 0 Å². The van der Waals surface area contributed by atoms with Crippen molar-refractivity contribution in [2.45, 2.75) is 33.3 Å². The minimum atomic E-state index is -0.519. The SMILES string of the molecule is Cc1nc(C(=O)NCCC(C)O)c(=O)[nH]c1C. The van der Waals surface area contributed by atoms with Crippen LogP contribution in [0.4, 0.5) is 0 Å². The van der Waals surface area contributed by atoms with Gasteiger partial charge >= 0.3 is 0 Å². The average molecular weight is 239 g/mol. The van der Waals surface area contributed by atoms with Gasteiger partial charge in [-0.05, 0) is 27.2 Å². The average Bonchev–Trinajstić information content (AvgIpc) is 2.22. The summed E-state index contributed by atoms with van der Waals surface area (Å²) in [5.74, 6) is -0.519. The topological polar surface area (TPSA) is 95.1 Å². The summed E-state index contributed by atoms with van der Waals surface area (Å²) in [5, 5.41) is 11.6. The summed E-state index contributed by atoms with van der Waals surface area (Å²) in [5.41, 5.74) is 0.627. The lowest BCUT2D eigenvalue weighted by Gasteiger charge is -2.07. The number of amides is 1. The summed E-state index contributed by atoms with van der Waals surface area (Å²) in [4.78, 5) is 29.6. The molecule has 0 saturated carbocycles. The lowest BCUT2D eigenvalue weighted by atomic mass is 10.3. The molecule has 0 aliphatic heterocycles. The molecule has 1 heterocycles. The third-order valence-electron chi connectivity index (χ3n) is 2.40. The van der Waals surface area contributed by atoms with Crippen LogP contribution in [0.2, 0.25) is 0 Å². The zero-order valence-electron chi connectivity index (χ0n) is 10.2. The van der Waals surface area contributed by atoms with Crippen LogP contribution in [0.15, 0.2) is 4.79 Å². The highest BCUT2D eigenvalue weighted by Crippen LogP contribution is 1.97. The van der Waals surface area contributed by atoms with Gasteiger partial charge in [-0.1, -0.05) is 0 Å². The van der Waals surface area contributed by atoms with E-state index in [0.29, 0.717) is 24.4 Å². The van der Waals surface area contributed by atoms with Crippen LogP contribution in [0, 0.1) is 13.8 Å². The summed E-state index contributed by atoms with van der Waals surface area (Å²) in [7, 11) is 0. The maximum absolute atomic E-state index is 11.6. The highest BCUT2D eigenvalue weighted by molar-refractivity contribution is 5.91. The summed E-state index contributed by atoms with van der Waals surface area (Å²) in [6.45, 7) is 5.38. The third-order valence-corrected chi connectivity index (χ3v) is 2.40. The standard InChI is InChI=1S/C11H17N3O3/c1-6(15)4-5-12-10(16)9-11(17)14-8(3)7(2)13-9/h6,15H,4-5H2,1-3H3,(H,12,16)(H,14,17). The molecule has 0 radical (unpaired) electrons. The molecule has 1 aromatic rings. The smallest absolute Gasteiger partial charge is 0.279 e. The van der Waals surface area contributed by atoms with Gasteiger partial charge < -0.3 is 15.4 Å². The first-order valence-electron chi connectivity index (χ1n) is 5.45. The van der Waals surface area contributed by atoms with Crippen molar-refractivity contribution in [1.82, 2.24) is 15.3 Å². The molecule has 1 atom stereocenters. The van der Waals surface area contributed by atoms with Gasteiger partial charge in [0, 0.05) is 12.2 Å². The van der Waals surface area contributed by atoms with Crippen LogP contribution in [0.25, 0.3) is 0 Å². The van der Waals surface area contributed by atoms with Gasteiger partial charge in [0.2, 0.25) is 0 Å². The Bertz CT molecular complexity index is 466. The van der Waals surface area contributed by atoms with E-state index in [1.807, 2.05) is 0 Å². The fraction of sp³-hybridized carbons (Fsp3) is 0.545. The number of aliphatic hydroxyl groups is 1. The Morgan fingerprint density at radius 1 is 1.53 bits per heavy atom. The zero-order chi connectivity index (χ0) is 13.0. The molecule has 1 amide bonds. The van der Waals surface area contributed by atoms with Crippen molar-refractivity contribution in [1.29, 1.82) is 0 Å². The summed E-state index contributed by atoms with van der Waals surface area (Å²) in [6, 6.07) is 0. The summed E-state index contributed by atoms with van der Waals surface area (Å²) >= 11 is 0. The number of nitrogens with one attached hydrogen (secondary N) is 2. The molecule has 0 fully saturated rings. The predicted molar refractivity (Wildman–Crippen MR) is 63.0 cm³/mol. The van der Waals surface area contributed by atoms with Crippen molar-refractivity contribution in [3.05, 3.63) is 27.4 Å². The first-order chi connectivity index (χ1) is 7.91. The van der Waals surface area contributed by atoms with Crippen LogP contribution >= 0.6 is 0 Å². The number of hydrogen-bond acceptors (Lipinski definition) is 4. The number of nitrogens with zero attached hydrogens (tertiary/aromatic N) is 1. The van der Waals surface area contributed by atoms with E-state index in [4.69, 9.17) is 5.11 Å². The normalized spacial score (nSPS) is 12.2. The molecule has 94 valence electrons. The number of H-pyrrole nitrogens is 1. The molecule has 1 aromatic heterocycles. The van der Waals surface area contributed by atoms with Crippen molar-refractivity contribution in [3.8, 4) is 0 Å². The molecule has 0 spiro atoms. The molecule has 3 N–H and O–H groups in total. The summed E-state index contributed by atoms with van der Waals surface area (Å²) in [6.07, 6.45) is -0.0459. The number of aromatic nitrogens is 2. The number of aromatic amines is 1. The van der Waals surface area contributed by atoms with Crippen LogP contribution < -0.4 is 10.9 Å². The second-order valence-electron chi connectivity index (χ2n) is 4.02. The van der Waals surface area contributed by atoms with Crippen LogP contribution in [0.3, 0.4) is 0 Å². The lowest BCUT2D eigenvalue weighted by Crippen LogP contribution is -2.33. The lowest BCUT2D eigenvalue weighted by molar-refractivity contribution is 0.0938. The van der Waals surface area contributed by atoms with Crippen LogP contribution in [0.1, 0.15) is 35.2 Å². The molecule has 0 aliphatic rings. The largest absolute Gasteiger partial charge is 0.393 e. The minimum absolute atomic E-state index is 0.140. The van der Waals surface area contributed by atoms with Gasteiger partial charge in [-0.25, -0.2) is 4.98 Å². The van der Waals surface area contributed by atoms with Gasteiger partial charge in [0.15, 0.2) is 5.69 Å². The fourth-order valence-electron chi connectivity index (χ4n) is 1.25. The molecule has 1 unspecified atom stereocenters. The van der Waals surface area contributed by atoms with E-state index in [9.17, 15) is 9.59 Å². The second kappa shape index (κ2) is 5.58. The van der Waals surface area contributed by atoms with Gasteiger partial charge in [-0.2, -0.15) is 0 Å². The second-order valence-corrected chi connectivity index (χ2v) is 4.02. The molecule has 0 saturated heterocycles. The molecule has 17 heavy (non-hydrogen) atoms. The highest BCUT2D eigenvalue weighted by Gasteiger charge is 2.13. The number of aliphatic hydroxyl groups excluding tert-OH is 1. The zero-order valence-corrected chi connectivity index (χ0v) is 10.2. The molecule has 0 aromatic carbocycles. The van der Waals surface area contributed by atoms with Gasteiger partial charge in [0.05, 0.1) is 11.8 Å². The number of carbonyl (C=O) groups excluding carboxylic acids is 1. The Hall–Kier alpha value is -1.69. The number of rotatable bonds is 4. The van der Waals surface area contributed by atoms with Gasteiger partial charge in [-0.15, -0.1) is 0 Å². The van der Waals surface area contributed by atoms with E-state index in [0.717, 1.165) is 0 Å². The van der Waals surface area contributed by atoms with Crippen molar-refractivity contribution < 1.29 is 9.90 Å². The quantitative estimate of drug-likeness (QED) is 0.683. The Kier molecular flexibility index (Phi) is 4.39. The fourth-order valence-corrected chi connectivity index (χ4v) is 1.25. The Morgan fingerprint density at radius 3 is 2.76 bits per heavy atom. The molecular weight excluding hydrogens is 222 g/mol. The van der Waals surface area contributed by atoms with Gasteiger partial charge in [0.25, 0.3) is 11.5 Å². The first-order valence-corrected chi connectivity index (χ1v) is 5.45. The maximum Gasteiger partial charge on any atom is 0.279 e. The number of carbonyl (C=O) groups is 1. The van der Waals surface area contributed by atoms with Gasteiger partial charge in [0.1, 0.15) is 0 Å². The monoisotopic (exact) mass is 239 g/mol. The first kappa shape index (κ1) is 13.4. The predicted octanol–water partition coefficient (Wildman–Crippen LogP) is -0.113. The summed E-state index contributed by atoms with van der Waals surface area (Å²) < 4.78 is 0. The molecule has 6 nitrogen and oxygen atoms in total. The van der Waals surface area contributed by atoms with E-state index in [2.05, 4.69) is 15.3 Å². The van der Waals surface area contributed by atoms with E-state index < -0.39 is 17.6 Å². The van der Waals surface area contributed by atoms with Crippen LogP contribution in [0.5, 0.6) is 0 Å². The van der Waals surface area contributed by atoms with E-state index in [-0.39, 0.29) is 5.69 Å².